The van der Waals surface area contributed by atoms with E-state index in [1.165, 1.54) is 0 Å². The zero-order valence-electron chi connectivity index (χ0n) is 18.9. The molecule has 2 heterocycles. The van der Waals surface area contributed by atoms with E-state index in [4.69, 9.17) is 9.72 Å². The molecule has 0 spiro atoms. The van der Waals surface area contributed by atoms with E-state index in [1.807, 2.05) is 72.3 Å². The van der Waals surface area contributed by atoms with E-state index in [2.05, 4.69) is 26.3 Å². The Balaban J connectivity index is 1.65. The van der Waals surface area contributed by atoms with Gasteiger partial charge in [-0.3, -0.25) is 10.3 Å². The first-order chi connectivity index (χ1) is 14.6. The first kappa shape index (κ1) is 21.0. The molecule has 4 rings (SSSR count). The van der Waals surface area contributed by atoms with Crippen molar-refractivity contribution < 1.29 is 9.53 Å². The van der Waals surface area contributed by atoms with Crippen LogP contribution in [-0.4, -0.2) is 40.7 Å². The third-order valence-corrected chi connectivity index (χ3v) is 5.25. The van der Waals surface area contributed by atoms with E-state index in [9.17, 15) is 4.79 Å². The quantitative estimate of drug-likeness (QED) is 0.640. The Morgan fingerprint density at radius 2 is 1.90 bits per heavy atom. The van der Waals surface area contributed by atoms with E-state index in [-0.39, 0.29) is 0 Å². The lowest BCUT2D eigenvalue weighted by Crippen LogP contribution is -2.27. The summed E-state index contributed by atoms with van der Waals surface area (Å²) in [5.74, 6) is 1.48. The van der Waals surface area contributed by atoms with Crippen molar-refractivity contribution in [1.82, 2.24) is 15.0 Å². The lowest BCUT2D eigenvalue weighted by molar-refractivity contribution is 0.0636. The second-order valence-corrected chi connectivity index (χ2v) is 9.32. The van der Waals surface area contributed by atoms with Gasteiger partial charge in [-0.15, -0.1) is 0 Å². The number of anilines is 2. The fourth-order valence-electron chi connectivity index (χ4n) is 3.74. The number of hydrogen-bond donors (Lipinski definition) is 1. The molecule has 0 radical (unpaired) electrons. The van der Waals surface area contributed by atoms with Gasteiger partial charge in [-0.1, -0.05) is 0 Å². The zero-order chi connectivity index (χ0) is 22.3. The third-order valence-electron chi connectivity index (χ3n) is 5.25. The van der Waals surface area contributed by atoms with E-state index in [0.29, 0.717) is 17.5 Å². The topological polar surface area (TPSA) is 80.2 Å². The van der Waals surface area contributed by atoms with Gasteiger partial charge in [0.15, 0.2) is 0 Å². The summed E-state index contributed by atoms with van der Waals surface area (Å²) in [7, 11) is 4.05. The van der Waals surface area contributed by atoms with Crippen LogP contribution in [0.2, 0.25) is 0 Å². The maximum atomic E-state index is 12.2. The first-order valence-electron chi connectivity index (χ1n) is 10.5. The van der Waals surface area contributed by atoms with Crippen molar-refractivity contribution in [1.29, 1.82) is 0 Å². The van der Waals surface area contributed by atoms with Crippen LogP contribution >= 0.6 is 0 Å². The number of carbonyl (C=O) groups excluding carboxylic acids is 1. The van der Waals surface area contributed by atoms with Crippen molar-refractivity contribution in [2.45, 2.75) is 51.6 Å². The Morgan fingerprint density at radius 1 is 1.13 bits per heavy atom. The molecule has 1 fully saturated rings. The number of rotatable bonds is 4. The van der Waals surface area contributed by atoms with Crippen molar-refractivity contribution in [2.75, 3.05) is 24.3 Å². The molecule has 1 N–H and O–H groups in total. The monoisotopic (exact) mass is 419 g/mol. The molecule has 1 aliphatic carbocycles. The van der Waals surface area contributed by atoms with Gasteiger partial charge in [0.05, 0.1) is 5.52 Å². The fourth-order valence-corrected chi connectivity index (χ4v) is 3.74. The number of carbonyl (C=O) groups is 1. The minimum absolute atomic E-state index is 0.294. The summed E-state index contributed by atoms with van der Waals surface area (Å²) >= 11 is 0. The van der Waals surface area contributed by atoms with Crippen molar-refractivity contribution in [3.8, 4) is 0 Å². The van der Waals surface area contributed by atoms with Crippen LogP contribution in [0.15, 0.2) is 36.5 Å². The molecule has 0 bridgehead atoms. The maximum absolute atomic E-state index is 12.2. The number of fused-ring (bicyclic) bond motifs is 1. The van der Waals surface area contributed by atoms with Crippen molar-refractivity contribution in [3.63, 3.8) is 0 Å². The van der Waals surface area contributed by atoms with E-state index >= 15 is 0 Å². The summed E-state index contributed by atoms with van der Waals surface area (Å²) in [6, 6.07) is 9.84. The highest BCUT2D eigenvalue weighted by atomic mass is 16.6. The summed E-state index contributed by atoms with van der Waals surface area (Å²) < 4.78 is 5.37. The molecule has 1 amide bonds. The number of aryl methyl sites for hydroxylation is 1. The molecular weight excluding hydrogens is 390 g/mol. The molecule has 7 heteroatoms. The molecule has 2 aromatic heterocycles. The number of nitrogens with zero attached hydrogens (tertiary/aromatic N) is 4. The molecule has 1 aromatic carbocycles. The summed E-state index contributed by atoms with van der Waals surface area (Å²) in [5.41, 5.74) is 4.05. The Hall–Kier alpha value is -3.22. The molecule has 0 saturated heterocycles. The number of benzene rings is 1. The van der Waals surface area contributed by atoms with Crippen LogP contribution in [0.25, 0.3) is 10.9 Å². The number of ether oxygens (including phenoxy) is 1. The molecule has 1 aliphatic rings. The highest BCUT2D eigenvalue weighted by molar-refractivity contribution is 5.96. The van der Waals surface area contributed by atoms with Gasteiger partial charge in [0.25, 0.3) is 0 Å². The number of pyridine rings is 1. The van der Waals surface area contributed by atoms with Gasteiger partial charge in [0, 0.05) is 60.3 Å². The Labute approximate surface area is 182 Å². The lowest BCUT2D eigenvalue weighted by atomic mass is 10.1. The Morgan fingerprint density at radius 3 is 2.58 bits per heavy atom. The molecule has 2 atom stereocenters. The Kier molecular flexibility index (Phi) is 5.29. The summed E-state index contributed by atoms with van der Waals surface area (Å²) in [6.07, 6.45) is 2.33. The number of nitrogens with one attached hydrogen (secondary N) is 1. The lowest BCUT2D eigenvalue weighted by Gasteiger charge is -2.20. The molecule has 3 aromatic rings. The zero-order valence-corrected chi connectivity index (χ0v) is 18.9. The van der Waals surface area contributed by atoms with Gasteiger partial charge in [0.1, 0.15) is 11.4 Å². The van der Waals surface area contributed by atoms with E-state index in [1.54, 1.807) is 0 Å². The molecule has 162 valence electrons. The highest BCUT2D eigenvalue weighted by Crippen LogP contribution is 2.53. The molecule has 31 heavy (non-hydrogen) atoms. The molecule has 1 saturated carbocycles. The van der Waals surface area contributed by atoms with Crippen molar-refractivity contribution in [3.05, 3.63) is 53.7 Å². The van der Waals surface area contributed by atoms with Crippen molar-refractivity contribution in [2.24, 2.45) is 0 Å². The minimum atomic E-state index is -0.552. The number of amides is 1. The van der Waals surface area contributed by atoms with Crippen LogP contribution in [0.3, 0.4) is 0 Å². The summed E-state index contributed by atoms with van der Waals surface area (Å²) in [6.45, 7) is 7.51. The number of hydrogen-bond acceptors (Lipinski definition) is 6. The first-order valence-corrected chi connectivity index (χ1v) is 10.5. The van der Waals surface area contributed by atoms with Crippen LogP contribution in [0.4, 0.5) is 16.2 Å². The normalized spacial score (nSPS) is 18.0. The predicted octanol–water partition coefficient (Wildman–Crippen LogP) is 5.02. The van der Waals surface area contributed by atoms with Crippen LogP contribution in [0, 0.1) is 6.92 Å². The summed E-state index contributed by atoms with van der Waals surface area (Å²) in [5, 5.41) is 3.84. The maximum Gasteiger partial charge on any atom is 0.412 e. The number of aromatic nitrogens is 3. The van der Waals surface area contributed by atoms with Gasteiger partial charge in [-0.2, -0.15) is 0 Å². The molecule has 0 aliphatic heterocycles. The van der Waals surface area contributed by atoms with Crippen LogP contribution in [-0.2, 0) is 4.74 Å². The smallest absolute Gasteiger partial charge is 0.412 e. The predicted molar refractivity (Wildman–Crippen MR) is 123 cm³/mol. The molecule has 0 unspecified atom stereocenters. The standard InChI is InChI=1S/C24H29N5O2/c1-14-9-10-25-22(26-14)18-12-17(18)20-13-21(29(5)6)16-8-7-15(11-19(16)28-20)27-23(30)31-24(2,3)4/h7-11,13,17-18H,12H2,1-6H3,(H,27,30)/t17-,18-/m0/s1. The molecule has 7 nitrogen and oxygen atoms in total. The summed E-state index contributed by atoms with van der Waals surface area (Å²) in [4.78, 5) is 28.3. The van der Waals surface area contributed by atoms with Crippen LogP contribution in [0.1, 0.15) is 56.2 Å². The van der Waals surface area contributed by atoms with Gasteiger partial charge in [-0.25, -0.2) is 14.8 Å². The largest absolute Gasteiger partial charge is 0.444 e. The van der Waals surface area contributed by atoms with Crippen LogP contribution in [0.5, 0.6) is 0 Å². The van der Waals surface area contributed by atoms with Gasteiger partial charge >= 0.3 is 6.09 Å². The van der Waals surface area contributed by atoms with E-state index < -0.39 is 11.7 Å². The average molecular weight is 420 g/mol. The van der Waals surface area contributed by atoms with Gasteiger partial charge < -0.3 is 9.64 Å². The van der Waals surface area contributed by atoms with Crippen LogP contribution < -0.4 is 10.2 Å². The van der Waals surface area contributed by atoms with Gasteiger partial charge in [-0.05, 0) is 64.4 Å². The van der Waals surface area contributed by atoms with Crippen molar-refractivity contribution >= 4 is 28.4 Å². The SMILES string of the molecule is Cc1ccnc([C@H]2C[C@@H]2c2cc(N(C)C)c3ccc(NC(=O)OC(C)(C)C)cc3n2)n1. The second kappa shape index (κ2) is 7.80. The van der Waals surface area contributed by atoms with Gasteiger partial charge in [0.2, 0.25) is 0 Å². The minimum Gasteiger partial charge on any atom is -0.444 e. The molecular formula is C24H29N5O2. The average Bonchev–Trinajstić information content (AvgIpc) is 3.46. The van der Waals surface area contributed by atoms with E-state index in [0.717, 1.165) is 40.2 Å². The third kappa shape index (κ3) is 4.76. The fraction of sp³-hybridized carbons (Fsp3) is 0.417. The highest BCUT2D eigenvalue weighted by Gasteiger charge is 2.43. The Bertz CT molecular complexity index is 1140. The second-order valence-electron chi connectivity index (χ2n) is 9.32.